The highest BCUT2D eigenvalue weighted by atomic mass is 79.9. The van der Waals surface area contributed by atoms with E-state index in [-0.39, 0.29) is 11.4 Å². The number of carbonyl (C=O) groups excluding carboxylic acids is 2. The average molecular weight is 401 g/mol. The summed E-state index contributed by atoms with van der Waals surface area (Å²) < 4.78 is 11.2. The summed E-state index contributed by atoms with van der Waals surface area (Å²) in [6.07, 6.45) is -1.71. The molecule has 0 bridgehead atoms. The topological polar surface area (TPSA) is 81.9 Å². The summed E-state index contributed by atoms with van der Waals surface area (Å²) in [5, 5.41) is 0. The Hall–Kier alpha value is -1.76. The summed E-state index contributed by atoms with van der Waals surface area (Å²) >= 11 is 3.36. The second-order valence-corrected chi connectivity index (χ2v) is 8.34. The Bertz CT molecular complexity index is 594. The van der Waals surface area contributed by atoms with Crippen molar-refractivity contribution in [1.29, 1.82) is 0 Å². The minimum Gasteiger partial charge on any atom is -0.443 e. The van der Waals surface area contributed by atoms with Gasteiger partial charge in [-0.1, -0.05) is 0 Å². The van der Waals surface area contributed by atoms with E-state index in [2.05, 4.69) is 15.9 Å². The van der Waals surface area contributed by atoms with Crippen LogP contribution in [0.5, 0.6) is 0 Å². The number of anilines is 2. The molecule has 24 heavy (non-hydrogen) atoms. The number of hydrogen-bond donors (Lipinski definition) is 1. The van der Waals surface area contributed by atoms with Crippen LogP contribution in [0.3, 0.4) is 0 Å². The number of imide groups is 1. The van der Waals surface area contributed by atoms with Crippen molar-refractivity contribution < 1.29 is 19.1 Å². The third-order valence-electron chi connectivity index (χ3n) is 2.61. The molecule has 0 heterocycles. The molecular weight excluding hydrogens is 376 g/mol. The van der Waals surface area contributed by atoms with Crippen molar-refractivity contribution in [3.63, 3.8) is 0 Å². The maximum atomic E-state index is 12.6. The Morgan fingerprint density at radius 1 is 1.00 bits per heavy atom. The lowest BCUT2D eigenvalue weighted by atomic mass is 10.1. The van der Waals surface area contributed by atoms with Crippen molar-refractivity contribution in [3.05, 3.63) is 22.2 Å². The van der Waals surface area contributed by atoms with E-state index >= 15 is 0 Å². The Morgan fingerprint density at radius 3 is 1.75 bits per heavy atom. The molecule has 0 radical (unpaired) electrons. The van der Waals surface area contributed by atoms with Gasteiger partial charge in [0, 0.05) is 4.47 Å². The van der Waals surface area contributed by atoms with Crippen molar-refractivity contribution in [1.82, 2.24) is 0 Å². The van der Waals surface area contributed by atoms with Crippen molar-refractivity contribution in [3.8, 4) is 0 Å². The lowest BCUT2D eigenvalue weighted by molar-refractivity contribution is 0.0430. The van der Waals surface area contributed by atoms with Gasteiger partial charge in [0.25, 0.3) is 0 Å². The molecular formula is C17H25BrN2O4. The molecule has 7 heteroatoms. The molecule has 134 valence electrons. The van der Waals surface area contributed by atoms with Gasteiger partial charge in [0.05, 0.1) is 11.4 Å². The number of nitrogen functional groups attached to an aromatic ring is 1. The average Bonchev–Trinajstić information content (AvgIpc) is 2.28. The van der Waals surface area contributed by atoms with Crippen LogP contribution in [0, 0.1) is 6.92 Å². The number of carbonyl (C=O) groups is 2. The van der Waals surface area contributed by atoms with E-state index in [1.165, 1.54) is 0 Å². The maximum absolute atomic E-state index is 12.6. The Labute approximate surface area is 151 Å². The van der Waals surface area contributed by atoms with Gasteiger partial charge in [-0.2, -0.15) is 4.90 Å². The molecule has 2 amide bonds. The number of benzene rings is 1. The molecule has 0 aliphatic rings. The summed E-state index contributed by atoms with van der Waals surface area (Å²) in [7, 11) is 0. The van der Waals surface area contributed by atoms with Crippen LogP contribution in [0.2, 0.25) is 0 Å². The highest BCUT2D eigenvalue weighted by Crippen LogP contribution is 2.35. The molecule has 0 aliphatic heterocycles. The lowest BCUT2D eigenvalue weighted by Crippen LogP contribution is -2.44. The number of hydrogen-bond acceptors (Lipinski definition) is 5. The first kappa shape index (κ1) is 20.3. The molecule has 1 aromatic carbocycles. The zero-order chi connectivity index (χ0) is 18.9. The van der Waals surface area contributed by atoms with Gasteiger partial charge in [0.2, 0.25) is 0 Å². The van der Waals surface area contributed by atoms with Crippen LogP contribution >= 0.6 is 15.9 Å². The highest BCUT2D eigenvalue weighted by Gasteiger charge is 2.35. The highest BCUT2D eigenvalue weighted by molar-refractivity contribution is 9.10. The SMILES string of the molecule is Cc1cc(N)c(N(C(=O)OC(C)(C)C)C(=O)OC(C)(C)C)c(Br)c1. The molecule has 1 rings (SSSR count). The first-order chi connectivity index (χ1) is 10.7. The zero-order valence-corrected chi connectivity index (χ0v) is 16.8. The van der Waals surface area contributed by atoms with E-state index in [0.717, 1.165) is 10.5 Å². The molecule has 0 atom stereocenters. The minimum atomic E-state index is -0.854. The predicted molar refractivity (Wildman–Crippen MR) is 98.2 cm³/mol. The largest absolute Gasteiger partial charge is 0.443 e. The molecule has 2 N–H and O–H groups in total. The molecule has 0 aromatic heterocycles. The van der Waals surface area contributed by atoms with Gasteiger partial charge in [0.15, 0.2) is 0 Å². The summed E-state index contributed by atoms with van der Waals surface area (Å²) in [6.45, 7) is 12.1. The van der Waals surface area contributed by atoms with Crippen molar-refractivity contribution in [2.24, 2.45) is 0 Å². The third-order valence-corrected chi connectivity index (χ3v) is 3.22. The van der Waals surface area contributed by atoms with Gasteiger partial charge in [-0.3, -0.25) is 0 Å². The predicted octanol–water partition coefficient (Wildman–Crippen LogP) is 5.02. The molecule has 0 fully saturated rings. The minimum absolute atomic E-state index is 0.198. The Kier molecular flexibility index (Phi) is 5.92. The standard InChI is InChI=1S/C17H25BrN2O4/c1-10-8-11(18)13(12(19)9-10)20(14(21)23-16(2,3)4)15(22)24-17(5,6)7/h8-9H,19H2,1-7H3. The summed E-state index contributed by atoms with van der Waals surface area (Å²) in [6, 6.07) is 3.43. The van der Waals surface area contributed by atoms with Crippen LogP contribution in [0.25, 0.3) is 0 Å². The summed E-state index contributed by atoms with van der Waals surface area (Å²) in [5.74, 6) is 0. The fraction of sp³-hybridized carbons (Fsp3) is 0.529. The van der Waals surface area contributed by atoms with E-state index in [9.17, 15) is 9.59 Å². The number of rotatable bonds is 1. The fourth-order valence-corrected chi connectivity index (χ4v) is 2.64. The van der Waals surface area contributed by atoms with Crippen LogP contribution in [0.4, 0.5) is 21.0 Å². The second-order valence-electron chi connectivity index (χ2n) is 7.48. The van der Waals surface area contributed by atoms with Crippen LogP contribution in [-0.2, 0) is 9.47 Å². The molecule has 6 nitrogen and oxygen atoms in total. The van der Waals surface area contributed by atoms with Gasteiger partial charge in [-0.15, -0.1) is 0 Å². The van der Waals surface area contributed by atoms with Gasteiger partial charge >= 0.3 is 12.2 Å². The maximum Gasteiger partial charge on any atom is 0.424 e. The fourth-order valence-electron chi connectivity index (χ4n) is 1.87. The van der Waals surface area contributed by atoms with Crippen LogP contribution in [-0.4, -0.2) is 23.4 Å². The van der Waals surface area contributed by atoms with Gasteiger partial charge in [-0.05, 0) is 82.1 Å². The van der Waals surface area contributed by atoms with Gasteiger partial charge in [0.1, 0.15) is 11.2 Å². The van der Waals surface area contributed by atoms with E-state index in [1.807, 2.05) is 6.92 Å². The van der Waals surface area contributed by atoms with Crippen LogP contribution in [0.15, 0.2) is 16.6 Å². The van der Waals surface area contributed by atoms with E-state index in [1.54, 1.807) is 53.7 Å². The number of nitrogens with two attached hydrogens (primary N) is 1. The Morgan fingerprint density at radius 2 is 1.42 bits per heavy atom. The van der Waals surface area contributed by atoms with E-state index < -0.39 is 23.4 Å². The number of halogens is 1. The monoisotopic (exact) mass is 400 g/mol. The van der Waals surface area contributed by atoms with Gasteiger partial charge < -0.3 is 15.2 Å². The van der Waals surface area contributed by atoms with Crippen molar-refractivity contribution in [2.75, 3.05) is 10.6 Å². The van der Waals surface area contributed by atoms with Crippen LogP contribution in [0.1, 0.15) is 47.1 Å². The smallest absolute Gasteiger partial charge is 0.424 e. The quantitative estimate of drug-likeness (QED) is 0.669. The lowest BCUT2D eigenvalue weighted by Gasteiger charge is -2.29. The number of amides is 2. The number of aryl methyl sites for hydroxylation is 1. The zero-order valence-electron chi connectivity index (χ0n) is 15.2. The second kappa shape index (κ2) is 7.01. The molecule has 0 saturated carbocycles. The summed E-state index contributed by atoms with van der Waals surface area (Å²) in [5.41, 5.74) is 5.84. The number of nitrogens with zero attached hydrogens (tertiary/aromatic N) is 1. The van der Waals surface area contributed by atoms with Crippen molar-refractivity contribution in [2.45, 2.75) is 59.7 Å². The molecule has 0 aliphatic carbocycles. The molecule has 0 saturated heterocycles. The van der Waals surface area contributed by atoms with E-state index in [0.29, 0.717) is 4.47 Å². The molecule has 0 spiro atoms. The Balaban J connectivity index is 3.39. The molecule has 1 aromatic rings. The normalized spacial score (nSPS) is 11.8. The molecule has 0 unspecified atom stereocenters. The summed E-state index contributed by atoms with van der Waals surface area (Å²) in [4.78, 5) is 26.0. The van der Waals surface area contributed by atoms with Gasteiger partial charge in [-0.25, -0.2) is 9.59 Å². The van der Waals surface area contributed by atoms with E-state index in [4.69, 9.17) is 15.2 Å². The number of ether oxygens (including phenoxy) is 2. The van der Waals surface area contributed by atoms with Crippen LogP contribution < -0.4 is 10.6 Å². The first-order valence-electron chi connectivity index (χ1n) is 7.53. The van der Waals surface area contributed by atoms with Crippen molar-refractivity contribution >= 4 is 39.5 Å². The third kappa shape index (κ3) is 5.70. The first-order valence-corrected chi connectivity index (χ1v) is 8.32.